The van der Waals surface area contributed by atoms with Gasteiger partial charge in [-0.05, 0) is 50.4 Å². The van der Waals surface area contributed by atoms with Crippen LogP contribution in [0, 0.1) is 19.8 Å². The molecule has 0 spiro atoms. The summed E-state index contributed by atoms with van der Waals surface area (Å²) >= 11 is 0. The zero-order valence-electron chi connectivity index (χ0n) is 12.1. The van der Waals surface area contributed by atoms with Crippen molar-refractivity contribution in [1.82, 2.24) is 10.6 Å². The summed E-state index contributed by atoms with van der Waals surface area (Å²) in [4.78, 5) is 12.2. The third-order valence-electron chi connectivity index (χ3n) is 3.99. The molecule has 1 aromatic carbocycles. The Balaban J connectivity index is 1.95. The molecule has 1 aliphatic heterocycles. The second-order valence-corrected chi connectivity index (χ2v) is 5.75. The van der Waals surface area contributed by atoms with Crippen LogP contribution in [-0.2, 0) is 11.2 Å². The Morgan fingerprint density at radius 2 is 2.21 bits per heavy atom. The minimum absolute atomic E-state index is 0.146. The molecule has 1 aliphatic rings. The van der Waals surface area contributed by atoms with E-state index in [1.165, 1.54) is 11.1 Å². The van der Waals surface area contributed by atoms with E-state index in [9.17, 15) is 4.79 Å². The van der Waals surface area contributed by atoms with Gasteiger partial charge in [0.1, 0.15) is 0 Å². The van der Waals surface area contributed by atoms with E-state index >= 15 is 0 Å². The number of hydrogen-bond acceptors (Lipinski definition) is 2. The first-order valence-corrected chi connectivity index (χ1v) is 7.12. The van der Waals surface area contributed by atoms with Gasteiger partial charge in [0.15, 0.2) is 0 Å². The molecule has 0 aromatic heterocycles. The molecule has 1 aromatic rings. The van der Waals surface area contributed by atoms with Crippen LogP contribution in [0.2, 0.25) is 0 Å². The summed E-state index contributed by atoms with van der Waals surface area (Å²) in [5.74, 6) is 0.656. The van der Waals surface area contributed by atoms with Gasteiger partial charge < -0.3 is 10.6 Å². The van der Waals surface area contributed by atoms with Gasteiger partial charge in [0, 0.05) is 6.04 Å². The second-order valence-electron chi connectivity index (χ2n) is 5.75. The summed E-state index contributed by atoms with van der Waals surface area (Å²) in [5, 5.41) is 6.54. The lowest BCUT2D eigenvalue weighted by Crippen LogP contribution is -2.48. The molecular weight excluding hydrogens is 236 g/mol. The molecule has 2 N–H and O–H groups in total. The molecule has 3 heteroatoms. The van der Waals surface area contributed by atoms with Crippen LogP contribution in [0.15, 0.2) is 18.2 Å². The van der Waals surface area contributed by atoms with E-state index < -0.39 is 0 Å². The highest BCUT2D eigenvalue weighted by Gasteiger charge is 2.22. The van der Waals surface area contributed by atoms with Crippen LogP contribution in [0.5, 0.6) is 0 Å². The van der Waals surface area contributed by atoms with Crippen LogP contribution in [0.3, 0.4) is 0 Å². The number of aryl methyl sites for hydroxylation is 2. The Morgan fingerprint density at radius 1 is 1.42 bits per heavy atom. The van der Waals surface area contributed by atoms with Crippen molar-refractivity contribution in [2.24, 2.45) is 5.92 Å². The predicted octanol–water partition coefficient (Wildman–Crippen LogP) is 1.96. The van der Waals surface area contributed by atoms with Gasteiger partial charge in [0.25, 0.3) is 0 Å². The van der Waals surface area contributed by atoms with Crippen molar-refractivity contribution in [2.45, 2.75) is 39.7 Å². The molecular formula is C16H24N2O. The fraction of sp³-hybridized carbons (Fsp3) is 0.562. The van der Waals surface area contributed by atoms with Crippen LogP contribution < -0.4 is 10.6 Å². The summed E-state index contributed by atoms with van der Waals surface area (Å²) in [6.45, 7) is 8.31. The topological polar surface area (TPSA) is 41.1 Å². The minimum atomic E-state index is 0.146. The quantitative estimate of drug-likeness (QED) is 0.872. The van der Waals surface area contributed by atoms with Crippen molar-refractivity contribution in [3.8, 4) is 0 Å². The molecule has 0 radical (unpaired) electrons. The summed E-state index contributed by atoms with van der Waals surface area (Å²) < 4.78 is 0. The van der Waals surface area contributed by atoms with Crippen molar-refractivity contribution in [1.29, 1.82) is 0 Å². The van der Waals surface area contributed by atoms with Crippen molar-refractivity contribution in [3.63, 3.8) is 0 Å². The molecule has 0 bridgehead atoms. The maximum Gasteiger partial charge on any atom is 0.224 e. The molecule has 2 atom stereocenters. The average molecular weight is 260 g/mol. The normalized spacial score (nSPS) is 23.1. The average Bonchev–Trinajstić information content (AvgIpc) is 2.37. The third kappa shape index (κ3) is 3.80. The van der Waals surface area contributed by atoms with Gasteiger partial charge in [-0.15, -0.1) is 0 Å². The summed E-state index contributed by atoms with van der Waals surface area (Å²) in [6, 6.07) is 6.61. The Hall–Kier alpha value is -1.35. The molecule has 0 aliphatic carbocycles. The summed E-state index contributed by atoms with van der Waals surface area (Å²) in [6.07, 6.45) is 1.52. The molecule has 1 saturated heterocycles. The fourth-order valence-corrected chi connectivity index (χ4v) is 2.65. The van der Waals surface area contributed by atoms with Crippen molar-refractivity contribution in [3.05, 3.63) is 34.9 Å². The van der Waals surface area contributed by atoms with E-state index in [1.54, 1.807) is 0 Å². The molecule has 19 heavy (non-hydrogen) atoms. The Bertz CT molecular complexity index is 456. The van der Waals surface area contributed by atoms with Crippen molar-refractivity contribution >= 4 is 5.91 Å². The third-order valence-corrected chi connectivity index (χ3v) is 3.99. The molecule has 1 fully saturated rings. The zero-order valence-corrected chi connectivity index (χ0v) is 12.1. The second kappa shape index (κ2) is 6.20. The van der Waals surface area contributed by atoms with Crippen LogP contribution in [0.25, 0.3) is 0 Å². The lowest BCUT2D eigenvalue weighted by molar-refractivity contribution is -0.121. The Kier molecular flexibility index (Phi) is 4.59. The van der Waals surface area contributed by atoms with Crippen LogP contribution in [0.1, 0.15) is 30.0 Å². The van der Waals surface area contributed by atoms with E-state index in [0.29, 0.717) is 18.4 Å². The van der Waals surface area contributed by atoms with Gasteiger partial charge in [0.05, 0.1) is 6.42 Å². The molecule has 104 valence electrons. The van der Waals surface area contributed by atoms with E-state index in [0.717, 1.165) is 25.1 Å². The molecule has 3 nitrogen and oxygen atoms in total. The van der Waals surface area contributed by atoms with Crippen LogP contribution in [0.4, 0.5) is 0 Å². The molecule has 0 saturated carbocycles. The van der Waals surface area contributed by atoms with Gasteiger partial charge in [-0.3, -0.25) is 4.79 Å². The lowest BCUT2D eigenvalue weighted by Gasteiger charge is -2.30. The monoisotopic (exact) mass is 260 g/mol. The molecule has 1 heterocycles. The number of rotatable bonds is 3. The highest BCUT2D eigenvalue weighted by Crippen LogP contribution is 2.13. The highest BCUT2D eigenvalue weighted by atomic mass is 16.1. The molecule has 0 unspecified atom stereocenters. The number of carbonyl (C=O) groups excluding carboxylic acids is 1. The smallest absolute Gasteiger partial charge is 0.224 e. The number of amides is 1. The number of hydrogen-bond donors (Lipinski definition) is 2. The maximum atomic E-state index is 12.2. The SMILES string of the molecule is Cc1ccc(C)c(CC(=O)N[C@@H]2CCNC[C@@H]2C)c1. The lowest BCUT2D eigenvalue weighted by atomic mass is 9.94. The molecule has 2 rings (SSSR count). The standard InChI is InChI=1S/C16H24N2O/c1-11-4-5-12(2)14(8-11)9-16(19)18-15-6-7-17-10-13(15)3/h4-5,8,13,15,17H,6-7,9-10H2,1-3H3,(H,18,19)/t13-,15+/m0/s1. The summed E-state index contributed by atoms with van der Waals surface area (Å²) in [7, 11) is 0. The number of nitrogens with one attached hydrogen (secondary N) is 2. The minimum Gasteiger partial charge on any atom is -0.353 e. The summed E-state index contributed by atoms with van der Waals surface area (Å²) in [5.41, 5.74) is 3.54. The van der Waals surface area contributed by atoms with Gasteiger partial charge in [-0.1, -0.05) is 30.7 Å². The maximum absolute atomic E-state index is 12.2. The molecule has 1 amide bonds. The first kappa shape index (κ1) is 14.1. The van der Waals surface area contributed by atoms with Crippen LogP contribution in [-0.4, -0.2) is 25.0 Å². The van der Waals surface area contributed by atoms with E-state index in [1.807, 2.05) is 0 Å². The van der Waals surface area contributed by atoms with Crippen molar-refractivity contribution in [2.75, 3.05) is 13.1 Å². The highest BCUT2D eigenvalue weighted by molar-refractivity contribution is 5.79. The van der Waals surface area contributed by atoms with Gasteiger partial charge >= 0.3 is 0 Å². The van der Waals surface area contributed by atoms with E-state index in [-0.39, 0.29) is 5.91 Å². The first-order valence-electron chi connectivity index (χ1n) is 7.12. The van der Waals surface area contributed by atoms with Gasteiger partial charge in [0.2, 0.25) is 5.91 Å². The number of piperidine rings is 1. The first-order chi connectivity index (χ1) is 9.06. The largest absolute Gasteiger partial charge is 0.353 e. The zero-order chi connectivity index (χ0) is 13.8. The number of benzene rings is 1. The van der Waals surface area contributed by atoms with E-state index in [4.69, 9.17) is 0 Å². The number of carbonyl (C=O) groups is 1. The Morgan fingerprint density at radius 3 is 2.95 bits per heavy atom. The van der Waals surface area contributed by atoms with Gasteiger partial charge in [-0.2, -0.15) is 0 Å². The van der Waals surface area contributed by atoms with Gasteiger partial charge in [-0.25, -0.2) is 0 Å². The van der Waals surface area contributed by atoms with E-state index in [2.05, 4.69) is 49.6 Å². The Labute approximate surface area is 115 Å². The predicted molar refractivity (Wildman–Crippen MR) is 78.2 cm³/mol. The van der Waals surface area contributed by atoms with Crippen molar-refractivity contribution < 1.29 is 4.79 Å². The van der Waals surface area contributed by atoms with Crippen LogP contribution >= 0.6 is 0 Å². The fourth-order valence-electron chi connectivity index (χ4n) is 2.65.